The average Bonchev–Trinajstić information content (AvgIpc) is 2.90. The van der Waals surface area contributed by atoms with E-state index < -0.39 is 5.60 Å². The summed E-state index contributed by atoms with van der Waals surface area (Å²) in [5.74, 6) is 3.44. The number of hydrogen-bond acceptors (Lipinski definition) is 7. The molecule has 0 aromatic carbocycles. The van der Waals surface area contributed by atoms with Gasteiger partial charge in [0.2, 0.25) is 0 Å². The van der Waals surface area contributed by atoms with Crippen molar-refractivity contribution in [3.8, 4) is 0 Å². The Morgan fingerprint density at radius 1 is 1.32 bits per heavy atom. The van der Waals surface area contributed by atoms with E-state index in [1.54, 1.807) is 0 Å². The average molecular weight is 301 g/mol. The summed E-state index contributed by atoms with van der Waals surface area (Å²) in [5, 5.41) is 18.7. The maximum Gasteiger partial charge on any atom is 0.258 e. The van der Waals surface area contributed by atoms with Crippen LogP contribution in [0, 0.1) is 0 Å². The lowest BCUT2D eigenvalue weighted by Crippen LogP contribution is -2.40. The third-order valence-corrected chi connectivity index (χ3v) is 6.80. The van der Waals surface area contributed by atoms with Crippen molar-refractivity contribution in [1.82, 2.24) is 15.5 Å². The highest BCUT2D eigenvalue weighted by Gasteiger charge is 2.38. The van der Waals surface area contributed by atoms with Crippen LogP contribution < -0.4 is 5.32 Å². The molecule has 106 valence electrons. The molecular formula is C12H19N3O2S2. The summed E-state index contributed by atoms with van der Waals surface area (Å²) in [6.45, 7) is 3.79. The first-order valence-electron chi connectivity index (χ1n) is 6.69. The lowest BCUT2D eigenvalue weighted by Gasteiger charge is -2.28. The number of hydrogen-bond donors (Lipinski definition) is 2. The summed E-state index contributed by atoms with van der Waals surface area (Å²) >= 11 is 3.83. The number of piperidine rings is 1. The fourth-order valence-electron chi connectivity index (χ4n) is 2.51. The van der Waals surface area contributed by atoms with Crippen LogP contribution in [0.3, 0.4) is 0 Å². The van der Waals surface area contributed by atoms with Gasteiger partial charge in [0.25, 0.3) is 5.89 Å². The van der Waals surface area contributed by atoms with E-state index in [4.69, 9.17) is 4.52 Å². The molecule has 1 aromatic rings. The van der Waals surface area contributed by atoms with Crippen molar-refractivity contribution in [2.45, 2.75) is 35.9 Å². The Labute approximate surface area is 121 Å². The minimum atomic E-state index is -0.938. The van der Waals surface area contributed by atoms with Gasteiger partial charge in [-0.15, -0.1) is 11.8 Å². The van der Waals surface area contributed by atoms with E-state index in [0.29, 0.717) is 24.0 Å². The maximum absolute atomic E-state index is 10.6. The van der Waals surface area contributed by atoms with Crippen molar-refractivity contribution in [1.29, 1.82) is 0 Å². The zero-order valence-corrected chi connectivity index (χ0v) is 12.6. The first kappa shape index (κ1) is 13.7. The van der Waals surface area contributed by atoms with Crippen molar-refractivity contribution >= 4 is 23.5 Å². The Morgan fingerprint density at radius 2 is 2.05 bits per heavy atom. The van der Waals surface area contributed by atoms with E-state index in [9.17, 15) is 5.11 Å². The summed E-state index contributed by atoms with van der Waals surface area (Å²) < 4.78 is 5.35. The highest BCUT2D eigenvalue weighted by Crippen LogP contribution is 2.42. The molecule has 7 heteroatoms. The Morgan fingerprint density at radius 3 is 2.79 bits per heavy atom. The summed E-state index contributed by atoms with van der Waals surface area (Å²) in [5.41, 5.74) is -0.938. The van der Waals surface area contributed by atoms with Gasteiger partial charge in [0.15, 0.2) is 5.82 Å². The van der Waals surface area contributed by atoms with Crippen LogP contribution in [-0.2, 0) is 5.60 Å². The molecule has 2 N–H and O–H groups in total. The maximum atomic E-state index is 10.6. The second-order valence-corrected chi connectivity index (χ2v) is 7.84. The molecule has 1 aromatic heterocycles. The van der Waals surface area contributed by atoms with Crippen molar-refractivity contribution in [3.05, 3.63) is 11.7 Å². The molecule has 3 heterocycles. The second kappa shape index (κ2) is 5.63. The Hall–Kier alpha value is -0.240. The van der Waals surface area contributed by atoms with E-state index in [-0.39, 0.29) is 5.25 Å². The molecular weight excluding hydrogens is 282 g/mol. The van der Waals surface area contributed by atoms with E-state index in [1.165, 1.54) is 5.75 Å². The van der Waals surface area contributed by atoms with Crippen LogP contribution in [0.25, 0.3) is 0 Å². The molecule has 0 bridgehead atoms. The van der Waals surface area contributed by atoms with Crippen molar-refractivity contribution in [3.63, 3.8) is 0 Å². The first-order chi connectivity index (χ1) is 9.19. The molecule has 2 fully saturated rings. The van der Waals surface area contributed by atoms with Gasteiger partial charge in [-0.05, 0) is 25.9 Å². The lowest BCUT2D eigenvalue weighted by atomic mass is 9.92. The fraction of sp³-hybridized carbons (Fsp3) is 0.833. The fourth-order valence-corrected chi connectivity index (χ4v) is 5.19. The zero-order chi connectivity index (χ0) is 13.3. The van der Waals surface area contributed by atoms with Crippen LogP contribution >= 0.6 is 23.5 Å². The summed E-state index contributed by atoms with van der Waals surface area (Å²) in [4.78, 5) is 4.49. The highest BCUT2D eigenvalue weighted by atomic mass is 32.2. The van der Waals surface area contributed by atoms with Gasteiger partial charge in [-0.2, -0.15) is 16.7 Å². The quantitative estimate of drug-likeness (QED) is 0.858. The number of aliphatic hydroxyl groups is 1. The van der Waals surface area contributed by atoms with Crippen LogP contribution in [0.15, 0.2) is 4.52 Å². The van der Waals surface area contributed by atoms with Gasteiger partial charge in [0, 0.05) is 16.8 Å². The predicted octanol–water partition coefficient (Wildman–Crippen LogP) is 1.55. The highest BCUT2D eigenvalue weighted by molar-refractivity contribution is 8.06. The van der Waals surface area contributed by atoms with Gasteiger partial charge in [-0.1, -0.05) is 12.1 Å². The lowest BCUT2D eigenvalue weighted by molar-refractivity contribution is -0.0228. The number of nitrogens with zero attached hydrogens (tertiary/aromatic N) is 2. The predicted molar refractivity (Wildman–Crippen MR) is 77.4 cm³/mol. The monoisotopic (exact) mass is 301 g/mol. The first-order valence-corrected chi connectivity index (χ1v) is 8.79. The van der Waals surface area contributed by atoms with Gasteiger partial charge < -0.3 is 14.9 Å². The van der Waals surface area contributed by atoms with Gasteiger partial charge in [-0.3, -0.25) is 0 Å². The smallest absolute Gasteiger partial charge is 0.258 e. The standard InChI is InChI=1S/C12H19N3O2S2/c1-8-9(19-7-6-18-8)10-14-11(17-15-10)12(16)2-4-13-5-3-12/h8-9,13,16H,2-7H2,1H3. The largest absolute Gasteiger partial charge is 0.380 e. The minimum absolute atomic E-state index is 0.279. The van der Waals surface area contributed by atoms with Crippen LogP contribution in [0.2, 0.25) is 0 Å². The molecule has 2 atom stereocenters. The SMILES string of the molecule is CC1SCCSC1c1noc(C2(O)CCNCC2)n1. The van der Waals surface area contributed by atoms with Crippen LogP contribution in [-0.4, -0.2) is 45.1 Å². The molecule has 0 amide bonds. The molecule has 2 aliphatic heterocycles. The summed E-state index contributed by atoms with van der Waals surface area (Å²) in [7, 11) is 0. The van der Waals surface area contributed by atoms with Gasteiger partial charge in [0.1, 0.15) is 5.60 Å². The number of thioether (sulfide) groups is 2. The summed E-state index contributed by atoms with van der Waals surface area (Å²) in [6, 6.07) is 0. The van der Waals surface area contributed by atoms with Crippen LogP contribution in [0.5, 0.6) is 0 Å². The van der Waals surface area contributed by atoms with E-state index >= 15 is 0 Å². The van der Waals surface area contributed by atoms with E-state index in [2.05, 4.69) is 22.4 Å². The molecule has 2 saturated heterocycles. The molecule has 19 heavy (non-hydrogen) atoms. The van der Waals surface area contributed by atoms with Crippen LogP contribution in [0.1, 0.15) is 36.7 Å². The molecule has 0 saturated carbocycles. The Balaban J connectivity index is 1.78. The van der Waals surface area contributed by atoms with E-state index in [0.717, 1.165) is 24.7 Å². The number of aromatic nitrogens is 2. The third-order valence-electron chi connectivity index (χ3n) is 3.71. The molecule has 0 spiro atoms. The molecule has 0 radical (unpaired) electrons. The van der Waals surface area contributed by atoms with Crippen LogP contribution in [0.4, 0.5) is 0 Å². The number of nitrogens with one attached hydrogen (secondary N) is 1. The zero-order valence-electron chi connectivity index (χ0n) is 11.0. The molecule has 3 rings (SSSR count). The number of rotatable bonds is 2. The van der Waals surface area contributed by atoms with Crippen molar-refractivity contribution < 1.29 is 9.63 Å². The summed E-state index contributed by atoms with van der Waals surface area (Å²) in [6.07, 6.45) is 1.27. The van der Waals surface area contributed by atoms with Crippen molar-refractivity contribution in [2.24, 2.45) is 0 Å². The molecule has 5 nitrogen and oxygen atoms in total. The Bertz CT molecular complexity index is 434. The van der Waals surface area contributed by atoms with Gasteiger partial charge in [-0.25, -0.2) is 0 Å². The molecule has 2 aliphatic rings. The Kier molecular flexibility index (Phi) is 4.07. The third kappa shape index (κ3) is 2.79. The topological polar surface area (TPSA) is 71.2 Å². The van der Waals surface area contributed by atoms with Crippen molar-refractivity contribution in [2.75, 3.05) is 24.6 Å². The van der Waals surface area contributed by atoms with Gasteiger partial charge in [0.05, 0.1) is 5.25 Å². The normalized spacial score (nSPS) is 31.3. The van der Waals surface area contributed by atoms with E-state index in [1.807, 2.05) is 23.5 Å². The van der Waals surface area contributed by atoms with Gasteiger partial charge >= 0.3 is 0 Å². The molecule has 2 unspecified atom stereocenters. The molecule has 0 aliphatic carbocycles. The minimum Gasteiger partial charge on any atom is -0.380 e. The second-order valence-electron chi connectivity index (χ2n) is 5.11.